The molecule has 0 unspecified atom stereocenters. The monoisotopic (exact) mass is 416 g/mol. The van der Waals surface area contributed by atoms with Crippen molar-refractivity contribution < 1.29 is 19.4 Å². The number of morpholine rings is 1. The SMILES string of the molecule is O=C(O)C[C@H]1CCc2sc3nccc(O[C@H]4CC[C@H](N5CCOCC5)CC4)c3c21. The predicted octanol–water partition coefficient (Wildman–Crippen LogP) is 3.82. The lowest BCUT2D eigenvalue weighted by atomic mass is 9.91. The van der Waals surface area contributed by atoms with Gasteiger partial charge in [0, 0.05) is 30.2 Å². The second kappa shape index (κ2) is 8.20. The van der Waals surface area contributed by atoms with Crippen LogP contribution in [-0.2, 0) is 16.0 Å². The Morgan fingerprint density at radius 2 is 2.03 bits per heavy atom. The quantitative estimate of drug-likeness (QED) is 0.799. The van der Waals surface area contributed by atoms with E-state index in [0.717, 1.165) is 68.0 Å². The number of rotatable bonds is 5. The number of carboxylic acid groups (broad SMARTS) is 1. The summed E-state index contributed by atoms with van der Waals surface area (Å²) in [5.74, 6) is 0.259. The van der Waals surface area contributed by atoms with E-state index >= 15 is 0 Å². The van der Waals surface area contributed by atoms with Crippen molar-refractivity contribution in [2.75, 3.05) is 26.3 Å². The number of aromatic nitrogens is 1. The minimum Gasteiger partial charge on any atom is -0.490 e. The van der Waals surface area contributed by atoms with E-state index in [4.69, 9.17) is 9.47 Å². The van der Waals surface area contributed by atoms with Crippen LogP contribution in [0, 0.1) is 0 Å². The van der Waals surface area contributed by atoms with E-state index in [1.807, 2.05) is 12.3 Å². The van der Waals surface area contributed by atoms with Gasteiger partial charge in [-0.15, -0.1) is 11.3 Å². The molecule has 1 atom stereocenters. The number of carboxylic acids is 1. The number of hydrogen-bond acceptors (Lipinski definition) is 6. The first kappa shape index (κ1) is 19.3. The van der Waals surface area contributed by atoms with E-state index in [1.165, 1.54) is 23.3 Å². The normalized spacial score (nSPS) is 27.8. The number of thiophene rings is 1. The highest BCUT2D eigenvalue weighted by atomic mass is 32.1. The molecule has 29 heavy (non-hydrogen) atoms. The van der Waals surface area contributed by atoms with Crippen molar-refractivity contribution in [2.45, 2.75) is 63.0 Å². The zero-order valence-corrected chi connectivity index (χ0v) is 17.5. The third kappa shape index (κ3) is 3.88. The van der Waals surface area contributed by atoms with Gasteiger partial charge in [-0.1, -0.05) is 0 Å². The number of fused-ring (bicyclic) bond motifs is 3. The highest BCUT2D eigenvalue weighted by Gasteiger charge is 2.32. The van der Waals surface area contributed by atoms with Crippen molar-refractivity contribution in [2.24, 2.45) is 0 Å². The lowest BCUT2D eigenvalue weighted by Crippen LogP contribution is -2.46. The lowest BCUT2D eigenvalue weighted by Gasteiger charge is -2.38. The van der Waals surface area contributed by atoms with Crippen LogP contribution in [0.15, 0.2) is 12.3 Å². The fourth-order valence-electron chi connectivity index (χ4n) is 5.29. The molecule has 0 bridgehead atoms. The van der Waals surface area contributed by atoms with Gasteiger partial charge in [0.05, 0.1) is 31.1 Å². The standard InChI is InChI=1S/C22H28N2O4S/c25-19(26)13-14-1-6-18-20(14)21-17(7-8-23-22(21)29-18)28-16-4-2-15(3-5-16)24-9-11-27-12-10-24/h7-8,14-16H,1-6,9-13H2,(H,25,26)/t14-,15-,16-/m1/s1. The van der Waals surface area contributed by atoms with Crippen molar-refractivity contribution in [3.63, 3.8) is 0 Å². The smallest absolute Gasteiger partial charge is 0.303 e. The lowest BCUT2D eigenvalue weighted by molar-refractivity contribution is -0.137. The van der Waals surface area contributed by atoms with Gasteiger partial charge in [-0.2, -0.15) is 0 Å². The predicted molar refractivity (Wildman–Crippen MR) is 112 cm³/mol. The first-order valence-corrected chi connectivity index (χ1v) is 11.6. The van der Waals surface area contributed by atoms with Gasteiger partial charge in [-0.25, -0.2) is 4.98 Å². The average Bonchev–Trinajstić information content (AvgIpc) is 3.29. The summed E-state index contributed by atoms with van der Waals surface area (Å²) in [4.78, 5) is 20.8. The molecule has 7 heteroatoms. The molecule has 1 saturated carbocycles. The Kier molecular flexibility index (Phi) is 5.45. The van der Waals surface area contributed by atoms with E-state index in [9.17, 15) is 9.90 Å². The maximum absolute atomic E-state index is 11.3. The second-order valence-corrected chi connectivity index (χ2v) is 9.54. The summed E-state index contributed by atoms with van der Waals surface area (Å²) in [6.45, 7) is 3.80. The van der Waals surface area contributed by atoms with Gasteiger partial charge in [-0.3, -0.25) is 9.69 Å². The van der Waals surface area contributed by atoms with Gasteiger partial charge >= 0.3 is 5.97 Å². The van der Waals surface area contributed by atoms with Crippen LogP contribution >= 0.6 is 11.3 Å². The van der Waals surface area contributed by atoms with Crippen LogP contribution in [0.5, 0.6) is 5.75 Å². The molecule has 3 heterocycles. The average molecular weight is 417 g/mol. The number of pyridine rings is 1. The van der Waals surface area contributed by atoms with Gasteiger partial charge in [0.15, 0.2) is 0 Å². The van der Waals surface area contributed by atoms with Gasteiger partial charge in [0.25, 0.3) is 0 Å². The van der Waals surface area contributed by atoms with Crippen LogP contribution in [-0.4, -0.2) is 59.4 Å². The summed E-state index contributed by atoms with van der Waals surface area (Å²) >= 11 is 1.71. The molecule has 0 radical (unpaired) electrons. The molecule has 6 nitrogen and oxygen atoms in total. The Morgan fingerprint density at radius 1 is 1.24 bits per heavy atom. The van der Waals surface area contributed by atoms with E-state index < -0.39 is 5.97 Å². The maximum atomic E-state index is 11.3. The van der Waals surface area contributed by atoms with Crippen molar-refractivity contribution in [1.29, 1.82) is 0 Å². The molecule has 3 aliphatic rings. The number of aryl methyl sites for hydroxylation is 1. The van der Waals surface area contributed by atoms with Crippen LogP contribution < -0.4 is 4.74 Å². The van der Waals surface area contributed by atoms with Crippen LogP contribution in [0.4, 0.5) is 0 Å². The number of nitrogens with zero attached hydrogens (tertiary/aromatic N) is 2. The van der Waals surface area contributed by atoms with Gasteiger partial charge in [0.1, 0.15) is 10.6 Å². The third-order valence-electron chi connectivity index (χ3n) is 6.72. The largest absolute Gasteiger partial charge is 0.490 e. The van der Waals surface area contributed by atoms with Crippen LogP contribution in [0.25, 0.3) is 10.2 Å². The van der Waals surface area contributed by atoms with Gasteiger partial charge in [0.2, 0.25) is 0 Å². The number of ether oxygens (including phenoxy) is 2. The Balaban J connectivity index is 1.32. The highest BCUT2D eigenvalue weighted by molar-refractivity contribution is 7.19. The van der Waals surface area contributed by atoms with Crippen LogP contribution in [0.3, 0.4) is 0 Å². The summed E-state index contributed by atoms with van der Waals surface area (Å²) in [5, 5.41) is 10.4. The second-order valence-electron chi connectivity index (χ2n) is 8.46. The molecule has 2 fully saturated rings. The maximum Gasteiger partial charge on any atom is 0.303 e. The zero-order chi connectivity index (χ0) is 19.8. The minimum atomic E-state index is -0.727. The summed E-state index contributed by atoms with van der Waals surface area (Å²) in [6, 6.07) is 2.63. The Labute approximate surface area is 174 Å². The highest BCUT2D eigenvalue weighted by Crippen LogP contribution is 2.48. The van der Waals surface area contributed by atoms with E-state index in [0.29, 0.717) is 6.04 Å². The molecule has 2 aliphatic carbocycles. The van der Waals surface area contributed by atoms with Crippen molar-refractivity contribution in [1.82, 2.24) is 9.88 Å². The molecular formula is C22H28N2O4S. The molecule has 0 amide bonds. The fraction of sp³-hybridized carbons (Fsp3) is 0.636. The van der Waals surface area contributed by atoms with Crippen molar-refractivity contribution >= 4 is 27.5 Å². The van der Waals surface area contributed by atoms with Gasteiger partial charge in [-0.05, 0) is 56.1 Å². The Bertz CT molecular complexity index is 884. The summed E-state index contributed by atoms with van der Waals surface area (Å²) in [5.41, 5.74) is 1.19. The number of aliphatic carboxylic acids is 1. The molecule has 1 N–H and O–H groups in total. The molecular weight excluding hydrogens is 388 g/mol. The summed E-state index contributed by atoms with van der Waals surface area (Å²) in [6.07, 6.45) is 8.60. The molecule has 2 aromatic heterocycles. The summed E-state index contributed by atoms with van der Waals surface area (Å²) < 4.78 is 12.0. The van der Waals surface area contributed by atoms with E-state index in [1.54, 1.807) is 11.3 Å². The molecule has 1 aliphatic heterocycles. The van der Waals surface area contributed by atoms with Gasteiger partial charge < -0.3 is 14.6 Å². The topological polar surface area (TPSA) is 71.9 Å². The zero-order valence-electron chi connectivity index (χ0n) is 16.6. The van der Waals surface area contributed by atoms with Crippen molar-refractivity contribution in [3.05, 3.63) is 22.7 Å². The molecule has 1 saturated heterocycles. The minimum absolute atomic E-state index is 0.0832. The first-order valence-electron chi connectivity index (χ1n) is 10.8. The Morgan fingerprint density at radius 3 is 2.79 bits per heavy atom. The van der Waals surface area contributed by atoms with Crippen LogP contribution in [0.2, 0.25) is 0 Å². The fourth-order valence-corrected chi connectivity index (χ4v) is 6.55. The van der Waals surface area contributed by atoms with Crippen molar-refractivity contribution in [3.8, 4) is 5.75 Å². The third-order valence-corrected chi connectivity index (χ3v) is 7.89. The Hall–Kier alpha value is -1.70. The molecule has 0 aromatic carbocycles. The number of carbonyl (C=O) groups is 1. The molecule has 2 aromatic rings. The first-order chi connectivity index (χ1) is 14.2. The van der Waals surface area contributed by atoms with E-state index in [-0.39, 0.29) is 18.4 Å². The van der Waals surface area contributed by atoms with Crippen LogP contribution in [0.1, 0.15) is 54.9 Å². The number of hydrogen-bond donors (Lipinski definition) is 1. The van der Waals surface area contributed by atoms with E-state index in [2.05, 4.69) is 9.88 Å². The molecule has 156 valence electrons. The molecule has 5 rings (SSSR count). The summed E-state index contributed by atoms with van der Waals surface area (Å²) in [7, 11) is 0. The molecule has 0 spiro atoms.